The van der Waals surface area contributed by atoms with Crippen LogP contribution >= 0.6 is 0 Å². The number of benzene rings is 1. The molecular formula is C21H29NO4. The second-order valence-electron chi connectivity index (χ2n) is 5.24. The van der Waals surface area contributed by atoms with Crippen molar-refractivity contribution in [1.82, 2.24) is 4.98 Å². The van der Waals surface area contributed by atoms with Crippen molar-refractivity contribution in [2.24, 2.45) is 0 Å². The summed E-state index contributed by atoms with van der Waals surface area (Å²) in [6.07, 6.45) is 4.26. The number of aliphatic hydroxyl groups is 2. The van der Waals surface area contributed by atoms with E-state index in [4.69, 9.17) is 5.11 Å². The van der Waals surface area contributed by atoms with Gasteiger partial charge in [0.1, 0.15) is 0 Å². The minimum Gasteiger partial charge on any atom is -0.481 e. The van der Waals surface area contributed by atoms with E-state index in [0.29, 0.717) is 0 Å². The number of nitrogens with zero attached hydrogens (tertiary/aromatic N) is 1. The molecule has 0 aliphatic carbocycles. The van der Waals surface area contributed by atoms with E-state index in [2.05, 4.69) is 4.98 Å². The van der Waals surface area contributed by atoms with Crippen LogP contribution in [-0.2, 0) is 4.79 Å². The fourth-order valence-corrected chi connectivity index (χ4v) is 2.28. The van der Waals surface area contributed by atoms with Crippen LogP contribution in [0.4, 0.5) is 0 Å². The zero-order chi connectivity index (χ0) is 18.7. The van der Waals surface area contributed by atoms with Gasteiger partial charge in [-0.25, -0.2) is 0 Å². The topological polar surface area (TPSA) is 90.7 Å². The van der Waals surface area contributed by atoms with Gasteiger partial charge in [0, 0.05) is 24.4 Å². The molecule has 2 aromatic rings. The van der Waals surface area contributed by atoms with Gasteiger partial charge < -0.3 is 15.3 Å². The number of pyridine rings is 1. The highest BCUT2D eigenvalue weighted by Crippen LogP contribution is 2.23. The lowest BCUT2D eigenvalue weighted by Gasteiger charge is -2.11. The molecule has 1 heterocycles. The van der Waals surface area contributed by atoms with Gasteiger partial charge >= 0.3 is 5.97 Å². The molecule has 0 aliphatic rings. The van der Waals surface area contributed by atoms with Crippen LogP contribution in [0, 0.1) is 0 Å². The van der Waals surface area contributed by atoms with Gasteiger partial charge in [-0.15, -0.1) is 0 Å². The first-order chi connectivity index (χ1) is 12.1. The third-order valence-electron chi connectivity index (χ3n) is 3.36. The average molecular weight is 359 g/mol. The molecule has 2 rings (SSSR count). The summed E-state index contributed by atoms with van der Waals surface area (Å²) in [5.41, 5.74) is 2.86. The summed E-state index contributed by atoms with van der Waals surface area (Å²) in [6.45, 7) is 4.00. The molecule has 0 saturated carbocycles. The number of aliphatic hydroxyl groups excluding tert-OH is 2. The summed E-state index contributed by atoms with van der Waals surface area (Å²) in [7, 11) is 0. The van der Waals surface area contributed by atoms with Crippen LogP contribution in [-0.4, -0.2) is 38.5 Å². The highest BCUT2D eigenvalue weighted by Gasteiger charge is 2.13. The molecule has 0 amide bonds. The van der Waals surface area contributed by atoms with E-state index in [1.165, 1.54) is 6.08 Å². The van der Waals surface area contributed by atoms with Gasteiger partial charge in [-0.05, 0) is 17.2 Å². The Kier molecular flexibility index (Phi) is 11.6. The summed E-state index contributed by atoms with van der Waals surface area (Å²) in [4.78, 5) is 14.6. The lowest BCUT2D eigenvalue weighted by Crippen LogP contribution is -2.19. The Labute approximate surface area is 155 Å². The molecule has 5 nitrogen and oxygen atoms in total. The molecule has 142 valence electrons. The molecule has 1 aromatic heterocycles. The van der Waals surface area contributed by atoms with Gasteiger partial charge in [-0.2, -0.15) is 0 Å². The van der Waals surface area contributed by atoms with Crippen molar-refractivity contribution in [2.75, 3.05) is 0 Å². The van der Waals surface area contributed by atoms with Gasteiger partial charge in [0.2, 0.25) is 0 Å². The number of hydrogen-bond acceptors (Lipinski definition) is 4. The maximum absolute atomic E-state index is 10.5. The molecule has 0 bridgehead atoms. The predicted octanol–water partition coefficient (Wildman–Crippen LogP) is 4.01. The van der Waals surface area contributed by atoms with Gasteiger partial charge in [-0.3, -0.25) is 9.78 Å². The molecule has 26 heavy (non-hydrogen) atoms. The highest BCUT2D eigenvalue weighted by molar-refractivity contribution is 5.74. The summed E-state index contributed by atoms with van der Waals surface area (Å²) in [6, 6.07) is 11.7. The lowest BCUT2D eigenvalue weighted by molar-refractivity contribution is -0.139. The van der Waals surface area contributed by atoms with Crippen LogP contribution in [0.5, 0.6) is 0 Å². The Balaban J connectivity index is 0.00000201. The van der Waals surface area contributed by atoms with Crippen LogP contribution in [0.25, 0.3) is 17.2 Å². The molecule has 2 atom stereocenters. The molecule has 0 spiro atoms. The van der Waals surface area contributed by atoms with Crippen molar-refractivity contribution >= 4 is 12.0 Å². The van der Waals surface area contributed by atoms with Gasteiger partial charge in [0.05, 0.1) is 18.6 Å². The number of aliphatic carboxylic acids is 1. The summed E-state index contributed by atoms with van der Waals surface area (Å²) < 4.78 is 0. The van der Waals surface area contributed by atoms with E-state index in [1.807, 2.05) is 50.2 Å². The zero-order valence-corrected chi connectivity index (χ0v) is 14.5. The van der Waals surface area contributed by atoms with Crippen molar-refractivity contribution < 1.29 is 20.1 Å². The third-order valence-corrected chi connectivity index (χ3v) is 3.36. The van der Waals surface area contributed by atoms with Gasteiger partial charge in [-0.1, -0.05) is 63.8 Å². The molecule has 3 N–H and O–H groups in total. The van der Waals surface area contributed by atoms with E-state index in [9.17, 15) is 15.0 Å². The standard InChI is InChI=1S/C18H19NO4.C2H6.CH4/c20-15(10-16(21)11-18(22)23)7-6-14-12-19-9-8-17(14)13-4-2-1-3-5-13;1-2;/h1-9,12,15-16,20-21H,10-11H2,(H,22,23);1-2H3;1H4/b7-6+;;. The predicted molar refractivity (Wildman–Crippen MR) is 106 cm³/mol. The minimum atomic E-state index is -1.09. The molecule has 0 saturated heterocycles. The summed E-state index contributed by atoms with van der Waals surface area (Å²) >= 11 is 0. The molecule has 0 aliphatic heterocycles. The fraction of sp³-hybridized carbons (Fsp3) is 0.333. The first kappa shape index (κ1) is 23.5. The van der Waals surface area contributed by atoms with E-state index in [0.717, 1.165) is 16.7 Å². The maximum Gasteiger partial charge on any atom is 0.305 e. The number of rotatable bonds is 7. The van der Waals surface area contributed by atoms with Crippen LogP contribution in [0.2, 0.25) is 0 Å². The van der Waals surface area contributed by atoms with Crippen molar-refractivity contribution in [3.63, 3.8) is 0 Å². The number of hydrogen-bond donors (Lipinski definition) is 3. The lowest BCUT2D eigenvalue weighted by atomic mass is 10.0. The second-order valence-corrected chi connectivity index (χ2v) is 5.24. The van der Waals surface area contributed by atoms with Crippen LogP contribution in [0.1, 0.15) is 39.7 Å². The van der Waals surface area contributed by atoms with E-state index >= 15 is 0 Å². The summed E-state index contributed by atoms with van der Waals surface area (Å²) in [5, 5.41) is 28.0. The smallest absolute Gasteiger partial charge is 0.305 e. The maximum atomic E-state index is 10.5. The average Bonchev–Trinajstić information content (AvgIpc) is 2.62. The number of aromatic nitrogens is 1. The molecule has 1 aromatic carbocycles. The van der Waals surface area contributed by atoms with Gasteiger partial charge in [0.25, 0.3) is 0 Å². The van der Waals surface area contributed by atoms with Crippen LogP contribution in [0.15, 0.2) is 54.9 Å². The van der Waals surface area contributed by atoms with E-state index in [-0.39, 0.29) is 20.3 Å². The largest absolute Gasteiger partial charge is 0.481 e. The highest BCUT2D eigenvalue weighted by atomic mass is 16.4. The number of carboxylic acid groups (broad SMARTS) is 1. The molecule has 0 radical (unpaired) electrons. The first-order valence-corrected chi connectivity index (χ1v) is 8.32. The Bertz CT molecular complexity index is 671. The quantitative estimate of drug-likeness (QED) is 0.695. The molecule has 5 heteroatoms. The number of carboxylic acids is 1. The monoisotopic (exact) mass is 359 g/mol. The Morgan fingerprint density at radius 3 is 2.42 bits per heavy atom. The molecular weight excluding hydrogens is 330 g/mol. The minimum absolute atomic E-state index is 0. The molecule has 0 fully saturated rings. The van der Waals surface area contributed by atoms with Crippen LogP contribution in [0.3, 0.4) is 0 Å². The SMILES string of the molecule is C.CC.O=C(O)CC(O)CC(O)/C=C/c1cnccc1-c1ccccc1. The number of carbonyl (C=O) groups is 1. The third kappa shape index (κ3) is 8.05. The van der Waals surface area contributed by atoms with Crippen molar-refractivity contribution in [2.45, 2.75) is 46.3 Å². The Hall–Kier alpha value is -2.50. The fourth-order valence-electron chi connectivity index (χ4n) is 2.28. The first-order valence-electron chi connectivity index (χ1n) is 8.32. The Morgan fingerprint density at radius 1 is 1.15 bits per heavy atom. The van der Waals surface area contributed by atoms with Gasteiger partial charge in [0.15, 0.2) is 0 Å². The van der Waals surface area contributed by atoms with Crippen molar-refractivity contribution in [3.8, 4) is 11.1 Å². The normalized spacial score (nSPS) is 12.5. The van der Waals surface area contributed by atoms with Crippen LogP contribution < -0.4 is 0 Å². The van der Waals surface area contributed by atoms with Crippen molar-refractivity contribution in [1.29, 1.82) is 0 Å². The zero-order valence-electron chi connectivity index (χ0n) is 14.5. The van der Waals surface area contributed by atoms with E-state index < -0.39 is 18.2 Å². The van der Waals surface area contributed by atoms with E-state index in [1.54, 1.807) is 18.5 Å². The second kappa shape index (κ2) is 12.8. The Morgan fingerprint density at radius 2 is 1.81 bits per heavy atom. The van der Waals surface area contributed by atoms with Crippen molar-refractivity contribution in [3.05, 3.63) is 60.4 Å². The molecule has 2 unspecified atom stereocenters. The summed E-state index contributed by atoms with van der Waals surface area (Å²) in [5.74, 6) is -1.09.